The van der Waals surface area contributed by atoms with Crippen LogP contribution in [-0.4, -0.2) is 18.5 Å². The fourth-order valence-corrected chi connectivity index (χ4v) is 0.691. The molecule has 0 aromatic rings. The molecule has 1 aliphatic rings. The number of rotatable bonds is 2. The predicted molar refractivity (Wildman–Crippen MR) is 45.0 cm³/mol. The highest BCUT2D eigenvalue weighted by atomic mass is 15.1. The highest BCUT2D eigenvalue weighted by Crippen LogP contribution is 2.28. The van der Waals surface area contributed by atoms with Crippen LogP contribution < -0.4 is 17.2 Å². The molecule has 0 saturated heterocycles. The Morgan fingerprint density at radius 3 is 2.36 bits per heavy atom. The van der Waals surface area contributed by atoms with E-state index in [0.717, 1.165) is 6.54 Å². The molecule has 11 heavy (non-hydrogen) atoms. The van der Waals surface area contributed by atoms with Crippen molar-refractivity contribution >= 4 is 11.9 Å². The van der Waals surface area contributed by atoms with Gasteiger partial charge in [0, 0.05) is 6.54 Å². The molecule has 0 unspecified atom stereocenters. The van der Waals surface area contributed by atoms with Crippen LogP contribution in [0.15, 0.2) is 9.98 Å². The van der Waals surface area contributed by atoms with Gasteiger partial charge in [0.05, 0.1) is 0 Å². The number of hydrogen-bond donors (Lipinski definition) is 3. The molecule has 0 atom stereocenters. The van der Waals surface area contributed by atoms with Crippen molar-refractivity contribution in [1.29, 1.82) is 0 Å². The van der Waals surface area contributed by atoms with Gasteiger partial charge in [-0.2, -0.15) is 4.99 Å². The lowest BCUT2D eigenvalue weighted by Gasteiger charge is -1.92. The third-order valence-electron chi connectivity index (χ3n) is 1.45. The number of hydrogen-bond acceptors (Lipinski definition) is 1. The molecule has 62 valence electrons. The van der Waals surface area contributed by atoms with Crippen molar-refractivity contribution in [3.63, 3.8) is 0 Å². The first-order valence-corrected chi connectivity index (χ1v) is 3.58. The van der Waals surface area contributed by atoms with E-state index in [1.807, 2.05) is 0 Å². The maximum Gasteiger partial charge on any atom is 0.218 e. The molecule has 5 heteroatoms. The van der Waals surface area contributed by atoms with E-state index in [0.29, 0.717) is 5.92 Å². The lowest BCUT2D eigenvalue weighted by atomic mass is 10.4. The number of guanidine groups is 2. The summed E-state index contributed by atoms with van der Waals surface area (Å²) >= 11 is 0. The van der Waals surface area contributed by atoms with Crippen molar-refractivity contribution in [1.82, 2.24) is 0 Å². The SMILES string of the molecule is NC(N)=NC(N)=NCC1CC1. The van der Waals surface area contributed by atoms with Gasteiger partial charge >= 0.3 is 0 Å². The summed E-state index contributed by atoms with van der Waals surface area (Å²) in [6.45, 7) is 0.753. The number of nitrogens with zero attached hydrogens (tertiary/aromatic N) is 2. The Balaban J connectivity index is 2.31. The Bertz CT molecular complexity index is 187. The van der Waals surface area contributed by atoms with Gasteiger partial charge in [0.25, 0.3) is 0 Å². The van der Waals surface area contributed by atoms with Crippen LogP contribution in [0.3, 0.4) is 0 Å². The molecule has 1 fully saturated rings. The number of nitrogens with two attached hydrogens (primary N) is 3. The predicted octanol–water partition coefficient (Wildman–Crippen LogP) is -1.02. The van der Waals surface area contributed by atoms with Gasteiger partial charge in [-0.05, 0) is 18.8 Å². The van der Waals surface area contributed by atoms with Gasteiger partial charge in [0.1, 0.15) is 0 Å². The second kappa shape index (κ2) is 3.23. The van der Waals surface area contributed by atoms with Crippen LogP contribution in [0.25, 0.3) is 0 Å². The molecule has 0 amide bonds. The Labute approximate surface area is 65.4 Å². The monoisotopic (exact) mass is 155 g/mol. The molecule has 0 heterocycles. The van der Waals surface area contributed by atoms with Crippen LogP contribution in [0, 0.1) is 5.92 Å². The maximum absolute atomic E-state index is 5.35. The molecule has 0 aliphatic heterocycles. The van der Waals surface area contributed by atoms with Gasteiger partial charge < -0.3 is 17.2 Å². The van der Waals surface area contributed by atoms with Crippen LogP contribution in [0.5, 0.6) is 0 Å². The van der Waals surface area contributed by atoms with Crippen LogP contribution >= 0.6 is 0 Å². The van der Waals surface area contributed by atoms with Crippen molar-refractivity contribution in [3.05, 3.63) is 0 Å². The van der Waals surface area contributed by atoms with E-state index < -0.39 is 0 Å². The number of aliphatic imine (C=N–C) groups is 2. The highest BCUT2D eigenvalue weighted by molar-refractivity contribution is 5.92. The first-order valence-electron chi connectivity index (χ1n) is 3.58. The molecule has 1 saturated carbocycles. The van der Waals surface area contributed by atoms with E-state index in [1.165, 1.54) is 12.8 Å². The van der Waals surface area contributed by atoms with Gasteiger partial charge in [-0.1, -0.05) is 0 Å². The summed E-state index contributed by atoms with van der Waals surface area (Å²) in [5.41, 5.74) is 15.5. The van der Waals surface area contributed by atoms with E-state index in [-0.39, 0.29) is 11.9 Å². The Morgan fingerprint density at radius 1 is 1.27 bits per heavy atom. The summed E-state index contributed by atoms with van der Waals surface area (Å²) < 4.78 is 0. The van der Waals surface area contributed by atoms with Crippen LogP contribution in [0.2, 0.25) is 0 Å². The van der Waals surface area contributed by atoms with Crippen LogP contribution in [0.4, 0.5) is 0 Å². The first-order chi connectivity index (χ1) is 5.18. The minimum absolute atomic E-state index is 0.0398. The zero-order valence-corrected chi connectivity index (χ0v) is 6.33. The van der Waals surface area contributed by atoms with Gasteiger partial charge in [-0.3, -0.25) is 4.99 Å². The third kappa shape index (κ3) is 3.44. The maximum atomic E-state index is 5.35. The topological polar surface area (TPSA) is 103 Å². The lowest BCUT2D eigenvalue weighted by Crippen LogP contribution is -2.26. The molecule has 5 nitrogen and oxygen atoms in total. The Morgan fingerprint density at radius 2 is 1.91 bits per heavy atom. The first kappa shape index (κ1) is 7.84. The minimum atomic E-state index is -0.0398. The highest BCUT2D eigenvalue weighted by Gasteiger charge is 2.20. The molecule has 0 bridgehead atoms. The van der Waals surface area contributed by atoms with E-state index in [9.17, 15) is 0 Å². The summed E-state index contributed by atoms with van der Waals surface area (Å²) in [7, 11) is 0. The fraction of sp³-hybridized carbons (Fsp3) is 0.667. The summed E-state index contributed by atoms with van der Waals surface area (Å²) in [6, 6.07) is 0. The quantitative estimate of drug-likeness (QED) is 0.351. The van der Waals surface area contributed by atoms with Gasteiger partial charge in [0.15, 0.2) is 5.96 Å². The molecular formula is C6H13N5. The molecule has 1 rings (SSSR count). The van der Waals surface area contributed by atoms with E-state index in [2.05, 4.69) is 9.98 Å². The summed E-state index contributed by atoms with van der Waals surface area (Å²) in [6.07, 6.45) is 2.50. The van der Waals surface area contributed by atoms with Crippen LogP contribution in [-0.2, 0) is 0 Å². The molecule has 0 aromatic carbocycles. The normalized spacial score (nSPS) is 18.0. The van der Waals surface area contributed by atoms with Gasteiger partial charge in [0.2, 0.25) is 5.96 Å². The van der Waals surface area contributed by atoms with Crippen LogP contribution in [0.1, 0.15) is 12.8 Å². The largest absolute Gasteiger partial charge is 0.370 e. The molecule has 0 aromatic heterocycles. The lowest BCUT2D eigenvalue weighted by molar-refractivity contribution is 0.845. The molecular weight excluding hydrogens is 142 g/mol. The Hall–Kier alpha value is -1.26. The van der Waals surface area contributed by atoms with E-state index in [4.69, 9.17) is 17.2 Å². The standard InChI is InChI=1S/C6H13N5/c7-5(8)11-6(9)10-3-4-1-2-4/h4H,1-3H2,(H6,7,8,9,10,11). The summed E-state index contributed by atoms with van der Waals surface area (Å²) in [4.78, 5) is 7.55. The third-order valence-corrected chi connectivity index (χ3v) is 1.45. The summed E-state index contributed by atoms with van der Waals surface area (Å²) in [5.74, 6) is 0.849. The van der Waals surface area contributed by atoms with E-state index in [1.54, 1.807) is 0 Å². The second-order valence-electron chi connectivity index (χ2n) is 2.68. The zero-order valence-electron chi connectivity index (χ0n) is 6.33. The fourth-order valence-electron chi connectivity index (χ4n) is 0.691. The average molecular weight is 155 g/mol. The Kier molecular flexibility index (Phi) is 2.30. The smallest absolute Gasteiger partial charge is 0.218 e. The molecule has 6 N–H and O–H groups in total. The molecule has 0 spiro atoms. The summed E-state index contributed by atoms with van der Waals surface area (Å²) in [5, 5.41) is 0. The zero-order chi connectivity index (χ0) is 8.27. The van der Waals surface area contributed by atoms with Crippen molar-refractivity contribution in [2.24, 2.45) is 33.1 Å². The second-order valence-corrected chi connectivity index (χ2v) is 2.68. The molecule has 0 radical (unpaired) electrons. The van der Waals surface area contributed by atoms with Crippen molar-refractivity contribution in [3.8, 4) is 0 Å². The average Bonchev–Trinajstić information content (AvgIpc) is 2.63. The molecule has 1 aliphatic carbocycles. The van der Waals surface area contributed by atoms with Crippen molar-refractivity contribution in [2.75, 3.05) is 6.54 Å². The van der Waals surface area contributed by atoms with Gasteiger partial charge in [-0.25, -0.2) is 0 Å². The van der Waals surface area contributed by atoms with Gasteiger partial charge in [-0.15, -0.1) is 0 Å². The van der Waals surface area contributed by atoms with Crippen molar-refractivity contribution < 1.29 is 0 Å². The van der Waals surface area contributed by atoms with E-state index >= 15 is 0 Å². The minimum Gasteiger partial charge on any atom is -0.370 e. The van der Waals surface area contributed by atoms with Crippen molar-refractivity contribution in [2.45, 2.75) is 12.8 Å².